The van der Waals surface area contributed by atoms with Gasteiger partial charge in [0.1, 0.15) is 22.1 Å². The number of benzene rings is 3. The van der Waals surface area contributed by atoms with Gasteiger partial charge in [0.25, 0.3) is 0 Å². The van der Waals surface area contributed by atoms with Crippen LogP contribution in [0.3, 0.4) is 0 Å². The summed E-state index contributed by atoms with van der Waals surface area (Å²) in [5.74, 6) is 1.32. The molecule has 0 unspecified atom stereocenters. The van der Waals surface area contributed by atoms with Gasteiger partial charge < -0.3 is 14.6 Å². The first-order valence-electron chi connectivity index (χ1n) is 8.99. The van der Waals surface area contributed by atoms with Crippen LogP contribution in [0.15, 0.2) is 60.7 Å². The minimum atomic E-state index is -0.314. The van der Waals surface area contributed by atoms with Crippen LogP contribution < -0.4 is 4.74 Å². The van der Waals surface area contributed by atoms with Crippen molar-refractivity contribution >= 4 is 28.1 Å². The zero-order valence-corrected chi connectivity index (χ0v) is 15.9. The van der Waals surface area contributed by atoms with E-state index in [1.807, 2.05) is 48.5 Å². The summed E-state index contributed by atoms with van der Waals surface area (Å²) in [5, 5.41) is 11.7. The molecule has 5 heteroatoms. The maximum atomic E-state index is 12.4. The highest BCUT2D eigenvalue weighted by atomic mass is 32.1. The summed E-state index contributed by atoms with van der Waals surface area (Å²) in [5.41, 5.74) is 2.82. The van der Waals surface area contributed by atoms with E-state index < -0.39 is 0 Å². The fourth-order valence-electron chi connectivity index (χ4n) is 3.52. The number of ether oxygens (including phenoxy) is 2. The summed E-state index contributed by atoms with van der Waals surface area (Å²) < 4.78 is 11.5. The van der Waals surface area contributed by atoms with Crippen molar-refractivity contribution in [3.63, 3.8) is 0 Å². The number of para-hydroxylation sites is 1. The van der Waals surface area contributed by atoms with E-state index >= 15 is 0 Å². The molecule has 0 aliphatic carbocycles. The van der Waals surface area contributed by atoms with Crippen LogP contribution in [0.5, 0.6) is 17.2 Å². The summed E-state index contributed by atoms with van der Waals surface area (Å²) in [7, 11) is 0. The molecule has 5 rings (SSSR count). The third kappa shape index (κ3) is 2.63. The third-order valence-electron chi connectivity index (χ3n) is 4.77. The van der Waals surface area contributed by atoms with E-state index in [0.29, 0.717) is 17.2 Å². The van der Waals surface area contributed by atoms with Crippen molar-refractivity contribution in [3.05, 3.63) is 65.5 Å². The van der Waals surface area contributed by atoms with Crippen LogP contribution >= 0.6 is 11.3 Å². The lowest BCUT2D eigenvalue weighted by Gasteiger charge is -2.11. The van der Waals surface area contributed by atoms with E-state index in [1.54, 1.807) is 19.1 Å². The molecule has 0 saturated heterocycles. The molecule has 1 aliphatic rings. The van der Waals surface area contributed by atoms with Gasteiger partial charge in [-0.15, -0.1) is 11.3 Å². The fourth-order valence-corrected chi connectivity index (χ4v) is 4.60. The molecule has 2 heterocycles. The van der Waals surface area contributed by atoms with Crippen molar-refractivity contribution in [1.29, 1.82) is 0 Å². The lowest BCUT2D eigenvalue weighted by molar-refractivity contribution is 0.0532. The summed E-state index contributed by atoms with van der Waals surface area (Å²) in [6, 6.07) is 18.9. The Kier molecular flexibility index (Phi) is 3.84. The standard InChI is InChI=1S/C23H16O4S/c1-2-26-23(25)21-12-17-16-5-3-4-6-19(16)27-20-11-14-9-15(24)8-7-13(14)10-18(20)22(17)28-21/h3-12,24H,2H2,1H3. The molecule has 0 fully saturated rings. The van der Waals surface area contributed by atoms with E-state index in [4.69, 9.17) is 9.47 Å². The minimum Gasteiger partial charge on any atom is -0.508 e. The summed E-state index contributed by atoms with van der Waals surface area (Å²) in [4.78, 5) is 13.9. The second kappa shape index (κ2) is 6.39. The third-order valence-corrected chi connectivity index (χ3v) is 5.92. The second-order valence-electron chi connectivity index (χ2n) is 6.55. The molecule has 0 radical (unpaired) electrons. The molecule has 0 saturated carbocycles. The van der Waals surface area contributed by atoms with E-state index in [9.17, 15) is 9.90 Å². The van der Waals surface area contributed by atoms with Crippen molar-refractivity contribution in [2.24, 2.45) is 0 Å². The number of phenolic OH excluding ortho intramolecular Hbond substituents is 1. The number of carbonyl (C=O) groups excluding carboxylic acids is 1. The van der Waals surface area contributed by atoms with Gasteiger partial charge in [-0.05, 0) is 54.1 Å². The average molecular weight is 388 g/mol. The first-order chi connectivity index (χ1) is 13.6. The van der Waals surface area contributed by atoms with Crippen LogP contribution in [0, 0.1) is 0 Å². The normalized spacial score (nSPS) is 11.8. The van der Waals surface area contributed by atoms with Crippen molar-refractivity contribution in [3.8, 4) is 38.8 Å². The van der Waals surface area contributed by atoms with Crippen LogP contribution in [-0.2, 0) is 4.74 Å². The Hall–Kier alpha value is -3.31. The Bertz CT molecular complexity index is 1240. The molecule has 1 aliphatic heterocycles. The number of carbonyl (C=O) groups is 1. The summed E-state index contributed by atoms with van der Waals surface area (Å²) in [6.07, 6.45) is 0. The van der Waals surface area contributed by atoms with E-state index in [1.165, 1.54) is 11.3 Å². The molecule has 3 aromatic carbocycles. The van der Waals surface area contributed by atoms with Crippen molar-refractivity contribution in [1.82, 2.24) is 0 Å². The summed E-state index contributed by atoms with van der Waals surface area (Å²) in [6.45, 7) is 2.14. The van der Waals surface area contributed by atoms with Crippen molar-refractivity contribution in [2.75, 3.05) is 6.61 Å². The minimum absolute atomic E-state index is 0.211. The smallest absolute Gasteiger partial charge is 0.348 e. The maximum Gasteiger partial charge on any atom is 0.348 e. The van der Waals surface area contributed by atoms with Gasteiger partial charge in [-0.1, -0.05) is 24.3 Å². The number of fused-ring (bicyclic) bond motifs is 6. The predicted octanol–water partition coefficient (Wildman–Crippen LogP) is 6.22. The molecule has 138 valence electrons. The Labute approximate surface area is 165 Å². The molecule has 1 N–H and O–H groups in total. The first kappa shape index (κ1) is 16.8. The number of rotatable bonds is 2. The lowest BCUT2D eigenvalue weighted by atomic mass is 10.00. The molecule has 4 nitrogen and oxygen atoms in total. The molecule has 4 aromatic rings. The fraction of sp³-hybridized carbons (Fsp3) is 0.0870. The molecule has 0 amide bonds. The van der Waals surface area contributed by atoms with Gasteiger partial charge in [0.05, 0.1) is 6.61 Å². The van der Waals surface area contributed by atoms with Gasteiger partial charge in [0.15, 0.2) is 0 Å². The molecule has 28 heavy (non-hydrogen) atoms. The highest BCUT2D eigenvalue weighted by Crippen LogP contribution is 2.51. The molecule has 0 spiro atoms. The maximum absolute atomic E-state index is 12.4. The van der Waals surface area contributed by atoms with Gasteiger partial charge in [0, 0.05) is 21.6 Å². The van der Waals surface area contributed by atoms with Crippen molar-refractivity contribution < 1.29 is 19.4 Å². The quantitative estimate of drug-likeness (QED) is 0.365. The number of esters is 1. The van der Waals surface area contributed by atoms with Crippen LogP contribution in [0.2, 0.25) is 0 Å². The van der Waals surface area contributed by atoms with E-state index in [2.05, 4.69) is 0 Å². The molecular formula is C23H16O4S. The van der Waals surface area contributed by atoms with Gasteiger partial charge >= 0.3 is 5.97 Å². The molecule has 0 bridgehead atoms. The van der Waals surface area contributed by atoms with Crippen LogP contribution in [0.25, 0.3) is 32.3 Å². The number of aromatic hydroxyl groups is 1. The van der Waals surface area contributed by atoms with Crippen LogP contribution in [0.4, 0.5) is 0 Å². The highest BCUT2D eigenvalue weighted by molar-refractivity contribution is 7.18. The second-order valence-corrected chi connectivity index (χ2v) is 7.60. The molecular weight excluding hydrogens is 372 g/mol. The topological polar surface area (TPSA) is 55.8 Å². The Morgan fingerprint density at radius 1 is 0.964 bits per heavy atom. The predicted molar refractivity (Wildman–Crippen MR) is 110 cm³/mol. The Balaban J connectivity index is 1.80. The lowest BCUT2D eigenvalue weighted by Crippen LogP contribution is -2.01. The highest BCUT2D eigenvalue weighted by Gasteiger charge is 2.26. The van der Waals surface area contributed by atoms with E-state index in [0.717, 1.165) is 38.1 Å². The molecule has 0 atom stereocenters. The van der Waals surface area contributed by atoms with Gasteiger partial charge in [-0.2, -0.15) is 0 Å². The van der Waals surface area contributed by atoms with Gasteiger partial charge in [-0.25, -0.2) is 4.79 Å². The Morgan fingerprint density at radius 2 is 1.82 bits per heavy atom. The number of hydrogen-bond acceptors (Lipinski definition) is 5. The van der Waals surface area contributed by atoms with Crippen LogP contribution in [-0.4, -0.2) is 17.7 Å². The van der Waals surface area contributed by atoms with Crippen LogP contribution in [0.1, 0.15) is 16.6 Å². The van der Waals surface area contributed by atoms with Gasteiger partial charge in [0.2, 0.25) is 0 Å². The monoisotopic (exact) mass is 388 g/mol. The number of phenols is 1. The zero-order chi connectivity index (χ0) is 19.3. The Morgan fingerprint density at radius 3 is 2.68 bits per heavy atom. The van der Waals surface area contributed by atoms with Crippen molar-refractivity contribution in [2.45, 2.75) is 6.92 Å². The SMILES string of the molecule is CCOC(=O)c1cc2c(s1)-c1cc3ccc(O)cc3cc1Oc1ccccc1-2. The zero-order valence-electron chi connectivity index (χ0n) is 15.1. The number of thiophene rings is 1. The largest absolute Gasteiger partial charge is 0.508 e. The summed E-state index contributed by atoms with van der Waals surface area (Å²) >= 11 is 1.41. The van der Waals surface area contributed by atoms with E-state index in [-0.39, 0.29) is 11.7 Å². The molecule has 1 aromatic heterocycles. The number of hydrogen-bond donors (Lipinski definition) is 1. The average Bonchev–Trinajstić information content (AvgIpc) is 3.08. The first-order valence-corrected chi connectivity index (χ1v) is 9.81. The van der Waals surface area contributed by atoms with Gasteiger partial charge in [-0.3, -0.25) is 0 Å².